The summed E-state index contributed by atoms with van der Waals surface area (Å²) in [6, 6.07) is 3.11. The molecule has 0 aliphatic carbocycles. The fraction of sp³-hybridized carbons (Fsp3) is 0.500. The summed E-state index contributed by atoms with van der Waals surface area (Å²) in [5, 5.41) is 9.11. The molecule has 21 heavy (non-hydrogen) atoms. The summed E-state index contributed by atoms with van der Waals surface area (Å²) in [6.45, 7) is 5.97. The number of piperidine rings is 1. The lowest BCUT2D eigenvalue weighted by molar-refractivity contribution is -0.145. The van der Waals surface area contributed by atoms with E-state index in [2.05, 4.69) is 0 Å². The molecule has 5 heteroatoms. The lowest BCUT2D eigenvalue weighted by Crippen LogP contribution is -2.45. The standard InChI is InChI=1S/C16H20FNO3/c1-9-6-12(7-10(2)14(9)17)15(19)18-5-4-13(16(20)21)11(3)8-18/h6-7,11,13H,4-5,8H2,1-3H3,(H,20,21). The second-order valence-electron chi connectivity index (χ2n) is 5.89. The molecule has 1 saturated heterocycles. The van der Waals surface area contributed by atoms with Gasteiger partial charge in [-0.05, 0) is 49.4 Å². The predicted octanol–water partition coefficient (Wildman–Crippen LogP) is 2.63. The second-order valence-corrected chi connectivity index (χ2v) is 5.89. The quantitative estimate of drug-likeness (QED) is 0.912. The van der Waals surface area contributed by atoms with E-state index in [0.717, 1.165) is 0 Å². The number of likely N-dealkylation sites (tertiary alicyclic amines) is 1. The van der Waals surface area contributed by atoms with Gasteiger partial charge in [-0.25, -0.2) is 4.39 Å². The van der Waals surface area contributed by atoms with E-state index in [4.69, 9.17) is 5.11 Å². The zero-order chi connectivity index (χ0) is 15.7. The molecule has 1 fully saturated rings. The average Bonchev–Trinajstić information content (AvgIpc) is 2.42. The molecule has 114 valence electrons. The third kappa shape index (κ3) is 3.06. The van der Waals surface area contributed by atoms with Crippen LogP contribution < -0.4 is 0 Å². The number of aryl methyl sites for hydroxylation is 2. The summed E-state index contributed by atoms with van der Waals surface area (Å²) in [5.41, 5.74) is 1.37. The zero-order valence-corrected chi connectivity index (χ0v) is 12.5. The van der Waals surface area contributed by atoms with Crippen molar-refractivity contribution in [3.63, 3.8) is 0 Å². The number of carbonyl (C=O) groups excluding carboxylic acids is 1. The van der Waals surface area contributed by atoms with Gasteiger partial charge in [-0.1, -0.05) is 6.92 Å². The predicted molar refractivity (Wildman–Crippen MR) is 76.7 cm³/mol. The molecule has 0 bridgehead atoms. The van der Waals surface area contributed by atoms with Crippen molar-refractivity contribution in [3.05, 3.63) is 34.6 Å². The van der Waals surface area contributed by atoms with Gasteiger partial charge in [0.25, 0.3) is 5.91 Å². The van der Waals surface area contributed by atoms with Crippen molar-refractivity contribution < 1.29 is 19.1 Å². The molecule has 1 amide bonds. The van der Waals surface area contributed by atoms with Gasteiger partial charge >= 0.3 is 5.97 Å². The Labute approximate surface area is 123 Å². The molecule has 0 radical (unpaired) electrons. The molecule has 0 aromatic heterocycles. The van der Waals surface area contributed by atoms with Crippen molar-refractivity contribution in [2.45, 2.75) is 27.2 Å². The minimum absolute atomic E-state index is 0.0807. The molecular weight excluding hydrogens is 273 g/mol. The van der Waals surface area contributed by atoms with Crippen LogP contribution in [0.5, 0.6) is 0 Å². The number of benzene rings is 1. The second kappa shape index (κ2) is 5.84. The highest BCUT2D eigenvalue weighted by molar-refractivity contribution is 5.94. The van der Waals surface area contributed by atoms with E-state index in [1.807, 2.05) is 6.92 Å². The summed E-state index contributed by atoms with van der Waals surface area (Å²) in [5.74, 6) is -1.72. The first-order valence-electron chi connectivity index (χ1n) is 7.10. The van der Waals surface area contributed by atoms with Crippen LogP contribution in [0.1, 0.15) is 34.8 Å². The summed E-state index contributed by atoms with van der Waals surface area (Å²) < 4.78 is 13.6. The molecule has 4 nitrogen and oxygen atoms in total. The van der Waals surface area contributed by atoms with Crippen LogP contribution in [0.15, 0.2) is 12.1 Å². The van der Waals surface area contributed by atoms with Crippen molar-refractivity contribution in [1.82, 2.24) is 4.90 Å². The summed E-state index contributed by atoms with van der Waals surface area (Å²) in [6.07, 6.45) is 0.460. The van der Waals surface area contributed by atoms with Gasteiger partial charge < -0.3 is 10.0 Å². The Morgan fingerprint density at radius 1 is 1.29 bits per heavy atom. The molecule has 0 spiro atoms. The topological polar surface area (TPSA) is 57.6 Å². The van der Waals surface area contributed by atoms with Crippen LogP contribution in [0.2, 0.25) is 0 Å². The number of rotatable bonds is 2. The van der Waals surface area contributed by atoms with Gasteiger partial charge in [0.2, 0.25) is 0 Å². The Balaban J connectivity index is 2.17. The lowest BCUT2D eigenvalue weighted by Gasteiger charge is -2.35. The molecule has 0 saturated carbocycles. The van der Waals surface area contributed by atoms with Gasteiger partial charge in [0.05, 0.1) is 5.92 Å². The maximum Gasteiger partial charge on any atom is 0.306 e. The first-order chi connectivity index (χ1) is 9.81. The van der Waals surface area contributed by atoms with Gasteiger partial charge in [0.1, 0.15) is 5.82 Å². The van der Waals surface area contributed by atoms with E-state index in [-0.39, 0.29) is 17.6 Å². The van der Waals surface area contributed by atoms with Crippen molar-refractivity contribution >= 4 is 11.9 Å². The molecule has 1 aliphatic rings. The monoisotopic (exact) mass is 293 g/mol. The number of halogens is 1. The first-order valence-corrected chi connectivity index (χ1v) is 7.10. The summed E-state index contributed by atoms with van der Waals surface area (Å²) in [7, 11) is 0. The van der Waals surface area contributed by atoms with E-state index >= 15 is 0 Å². The van der Waals surface area contributed by atoms with Crippen molar-refractivity contribution in [2.75, 3.05) is 13.1 Å². The van der Waals surface area contributed by atoms with Gasteiger partial charge in [0, 0.05) is 18.7 Å². The Morgan fingerprint density at radius 3 is 2.33 bits per heavy atom. The minimum atomic E-state index is -0.803. The van der Waals surface area contributed by atoms with Gasteiger partial charge in [-0.3, -0.25) is 9.59 Å². The molecule has 1 N–H and O–H groups in total. The highest BCUT2D eigenvalue weighted by Gasteiger charge is 2.33. The van der Waals surface area contributed by atoms with Crippen molar-refractivity contribution in [2.24, 2.45) is 11.8 Å². The molecule has 1 heterocycles. The largest absolute Gasteiger partial charge is 0.481 e. The molecule has 2 unspecified atom stereocenters. The van der Waals surface area contributed by atoms with Crippen LogP contribution in [-0.2, 0) is 4.79 Å². The molecule has 2 rings (SSSR count). The number of hydrogen-bond donors (Lipinski definition) is 1. The van der Waals surface area contributed by atoms with Crippen LogP contribution in [0.3, 0.4) is 0 Å². The number of hydrogen-bond acceptors (Lipinski definition) is 2. The summed E-state index contributed by atoms with van der Waals surface area (Å²) >= 11 is 0. The Morgan fingerprint density at radius 2 is 1.86 bits per heavy atom. The number of amides is 1. The van der Waals surface area contributed by atoms with Crippen LogP contribution in [0, 0.1) is 31.5 Å². The van der Waals surface area contributed by atoms with E-state index < -0.39 is 11.9 Å². The number of carboxylic acid groups (broad SMARTS) is 1. The third-order valence-electron chi connectivity index (χ3n) is 4.19. The highest BCUT2D eigenvalue weighted by atomic mass is 19.1. The Kier molecular flexibility index (Phi) is 4.30. The van der Waals surface area contributed by atoms with Crippen molar-refractivity contribution in [3.8, 4) is 0 Å². The Hall–Kier alpha value is -1.91. The summed E-state index contributed by atoms with van der Waals surface area (Å²) in [4.78, 5) is 25.2. The molecule has 2 atom stereocenters. The minimum Gasteiger partial charge on any atom is -0.481 e. The number of carbonyl (C=O) groups is 2. The van der Waals surface area contributed by atoms with Crippen molar-refractivity contribution in [1.29, 1.82) is 0 Å². The van der Waals surface area contributed by atoms with Gasteiger partial charge in [-0.15, -0.1) is 0 Å². The normalized spacial score (nSPS) is 22.2. The van der Waals surface area contributed by atoms with Crippen LogP contribution in [-0.4, -0.2) is 35.0 Å². The molecular formula is C16H20FNO3. The third-order valence-corrected chi connectivity index (χ3v) is 4.19. The number of aliphatic carboxylic acids is 1. The molecule has 1 aliphatic heterocycles. The maximum absolute atomic E-state index is 13.6. The Bertz CT molecular complexity index is 562. The van der Waals surface area contributed by atoms with E-state index in [0.29, 0.717) is 36.2 Å². The molecule has 1 aromatic carbocycles. The molecule has 1 aromatic rings. The van der Waals surface area contributed by atoms with Gasteiger partial charge in [-0.2, -0.15) is 0 Å². The van der Waals surface area contributed by atoms with E-state index in [9.17, 15) is 14.0 Å². The SMILES string of the molecule is Cc1cc(C(=O)N2CCC(C(=O)O)C(C)C2)cc(C)c1F. The first kappa shape index (κ1) is 15.5. The maximum atomic E-state index is 13.6. The van der Waals surface area contributed by atoms with E-state index in [1.54, 1.807) is 30.9 Å². The number of carboxylic acids is 1. The smallest absolute Gasteiger partial charge is 0.306 e. The number of nitrogens with zero attached hydrogens (tertiary/aromatic N) is 1. The lowest BCUT2D eigenvalue weighted by atomic mass is 9.86. The van der Waals surface area contributed by atoms with E-state index in [1.165, 1.54) is 0 Å². The van der Waals surface area contributed by atoms with Crippen LogP contribution in [0.4, 0.5) is 4.39 Å². The van der Waals surface area contributed by atoms with Crippen LogP contribution >= 0.6 is 0 Å². The van der Waals surface area contributed by atoms with Crippen LogP contribution in [0.25, 0.3) is 0 Å². The van der Waals surface area contributed by atoms with Gasteiger partial charge in [0.15, 0.2) is 0 Å². The highest BCUT2D eigenvalue weighted by Crippen LogP contribution is 2.25. The average molecular weight is 293 g/mol. The zero-order valence-electron chi connectivity index (χ0n) is 12.5. The fourth-order valence-corrected chi connectivity index (χ4v) is 2.95. The fourth-order valence-electron chi connectivity index (χ4n) is 2.95.